The molecule has 0 saturated heterocycles. The van der Waals surface area contributed by atoms with Crippen molar-refractivity contribution >= 4 is 55.7 Å². The van der Waals surface area contributed by atoms with Crippen LogP contribution in [0.2, 0.25) is 0 Å². The van der Waals surface area contributed by atoms with E-state index in [0.29, 0.717) is 0 Å². The molecule has 0 aromatic heterocycles. The summed E-state index contributed by atoms with van der Waals surface area (Å²) >= 11 is 0. The van der Waals surface area contributed by atoms with Gasteiger partial charge >= 0.3 is 0 Å². The van der Waals surface area contributed by atoms with Crippen LogP contribution in [0.15, 0.2) is 146 Å². The summed E-state index contributed by atoms with van der Waals surface area (Å²) in [6.07, 6.45) is 2.19. The Bertz CT molecular complexity index is 2500. The summed E-state index contributed by atoms with van der Waals surface area (Å²) in [5.41, 5.74) is 8.00. The van der Waals surface area contributed by atoms with Crippen molar-refractivity contribution < 1.29 is 9.59 Å². The number of carbonyl (C=O) groups is 2. The van der Waals surface area contributed by atoms with Crippen molar-refractivity contribution in [3.63, 3.8) is 0 Å². The number of hydrogen-bond donors (Lipinski definition) is 0. The minimum Gasteiger partial charge on any atom is -0.303 e. The Morgan fingerprint density at radius 2 is 0.894 bits per heavy atom. The average molecular weight is 605 g/mol. The van der Waals surface area contributed by atoms with E-state index in [1.807, 2.05) is 6.07 Å². The molecule has 0 fully saturated rings. The number of benzene rings is 8. The Morgan fingerprint density at radius 3 is 1.43 bits per heavy atom. The molecule has 0 spiro atoms. The molecule has 0 bridgehead atoms. The molecule has 2 heteroatoms. The van der Waals surface area contributed by atoms with Gasteiger partial charge in [0, 0.05) is 6.42 Å². The van der Waals surface area contributed by atoms with Crippen molar-refractivity contribution in [3.8, 4) is 22.3 Å². The standard InChI is InChI=1S/C45H32O2/c1-29-10-11-39(35-13-15-38-21-31-7-3-5-9-33(31)24-42(38)26-35)27-44(29)45(28-47)43-17-16-36(22-40(43)18-19-46)34-12-14-37-20-30-6-2-4-8-32(30)23-41(37)25-34/h2-17,19-28,45H,18H2,1H3. The quantitative estimate of drug-likeness (QED) is 0.134. The van der Waals surface area contributed by atoms with Gasteiger partial charge in [0.05, 0.1) is 5.92 Å². The van der Waals surface area contributed by atoms with Crippen molar-refractivity contribution in [2.24, 2.45) is 0 Å². The van der Waals surface area contributed by atoms with Crippen molar-refractivity contribution in [2.75, 3.05) is 0 Å². The zero-order chi connectivity index (χ0) is 31.9. The molecule has 8 aromatic carbocycles. The van der Waals surface area contributed by atoms with Gasteiger partial charge in [-0.2, -0.15) is 0 Å². The van der Waals surface area contributed by atoms with Crippen LogP contribution in [0.4, 0.5) is 0 Å². The van der Waals surface area contributed by atoms with E-state index in [-0.39, 0.29) is 6.42 Å². The molecule has 0 amide bonds. The van der Waals surface area contributed by atoms with Crippen molar-refractivity contribution in [1.82, 2.24) is 0 Å². The SMILES string of the molecule is Cc1ccc(-c2ccc3cc4ccccc4cc3c2)cc1C(C=O)c1ccc(-c2ccc3cc4ccccc4cc3c2)cc1CC=O. The lowest BCUT2D eigenvalue weighted by molar-refractivity contribution is -0.109. The lowest BCUT2D eigenvalue weighted by Crippen LogP contribution is -2.09. The minimum atomic E-state index is -0.494. The Kier molecular flexibility index (Phi) is 7.19. The maximum Gasteiger partial charge on any atom is 0.131 e. The van der Waals surface area contributed by atoms with Gasteiger partial charge in [-0.3, -0.25) is 0 Å². The Morgan fingerprint density at radius 1 is 0.447 bits per heavy atom. The average Bonchev–Trinajstić information content (AvgIpc) is 3.11. The zero-order valence-electron chi connectivity index (χ0n) is 26.1. The van der Waals surface area contributed by atoms with Crippen LogP contribution in [0, 0.1) is 6.92 Å². The highest BCUT2D eigenvalue weighted by Gasteiger charge is 2.20. The first-order chi connectivity index (χ1) is 23.1. The van der Waals surface area contributed by atoms with Crippen molar-refractivity contribution in [2.45, 2.75) is 19.3 Å². The third-order valence-electron chi connectivity index (χ3n) is 9.61. The number of hydrogen-bond acceptors (Lipinski definition) is 2. The topological polar surface area (TPSA) is 34.1 Å². The fourth-order valence-electron chi connectivity index (χ4n) is 7.06. The summed E-state index contributed by atoms with van der Waals surface area (Å²) in [7, 11) is 0. The lowest BCUT2D eigenvalue weighted by atomic mass is 9.83. The second kappa shape index (κ2) is 11.8. The van der Waals surface area contributed by atoms with E-state index in [9.17, 15) is 9.59 Å². The number of carbonyl (C=O) groups excluding carboxylic acids is 2. The number of aryl methyl sites for hydroxylation is 1. The zero-order valence-corrected chi connectivity index (χ0v) is 26.1. The molecule has 0 saturated carbocycles. The van der Waals surface area contributed by atoms with Gasteiger partial charge in [-0.1, -0.05) is 103 Å². The first-order valence-corrected chi connectivity index (χ1v) is 16.1. The van der Waals surface area contributed by atoms with Crippen LogP contribution in [0.1, 0.15) is 28.2 Å². The molecule has 0 heterocycles. The monoisotopic (exact) mass is 604 g/mol. The van der Waals surface area contributed by atoms with Gasteiger partial charge < -0.3 is 9.59 Å². The highest BCUT2D eigenvalue weighted by molar-refractivity contribution is 6.01. The molecule has 8 rings (SSSR count). The molecule has 0 aliphatic carbocycles. The largest absolute Gasteiger partial charge is 0.303 e. The third kappa shape index (κ3) is 5.28. The number of rotatable bonds is 7. The van der Waals surface area contributed by atoms with Gasteiger partial charge in [0.1, 0.15) is 12.6 Å². The third-order valence-corrected chi connectivity index (χ3v) is 9.61. The maximum absolute atomic E-state index is 12.9. The Hall–Kier alpha value is -5.86. The van der Waals surface area contributed by atoms with Crippen LogP contribution in [-0.2, 0) is 16.0 Å². The molecule has 8 aromatic rings. The highest BCUT2D eigenvalue weighted by atomic mass is 16.1. The van der Waals surface area contributed by atoms with E-state index in [1.54, 1.807) is 0 Å². The molecule has 224 valence electrons. The van der Waals surface area contributed by atoms with Gasteiger partial charge in [0.15, 0.2) is 0 Å². The van der Waals surface area contributed by atoms with Crippen molar-refractivity contribution in [1.29, 1.82) is 0 Å². The maximum atomic E-state index is 12.9. The summed E-state index contributed by atoms with van der Waals surface area (Å²) in [5.74, 6) is -0.494. The summed E-state index contributed by atoms with van der Waals surface area (Å²) in [6, 6.07) is 51.3. The highest BCUT2D eigenvalue weighted by Crippen LogP contribution is 2.36. The second-order valence-corrected chi connectivity index (χ2v) is 12.5. The summed E-state index contributed by atoms with van der Waals surface area (Å²) in [5, 5.41) is 9.61. The van der Waals surface area contributed by atoms with Gasteiger partial charge in [0.2, 0.25) is 0 Å². The molecule has 1 unspecified atom stereocenters. The summed E-state index contributed by atoms with van der Waals surface area (Å²) < 4.78 is 0. The van der Waals surface area contributed by atoms with Gasteiger partial charge in [-0.15, -0.1) is 0 Å². The summed E-state index contributed by atoms with van der Waals surface area (Å²) in [4.78, 5) is 24.8. The van der Waals surface area contributed by atoms with Crippen LogP contribution in [0.25, 0.3) is 65.3 Å². The normalized spacial score (nSPS) is 12.1. The molecule has 0 aliphatic rings. The van der Waals surface area contributed by atoms with Crippen LogP contribution in [0.5, 0.6) is 0 Å². The fourth-order valence-corrected chi connectivity index (χ4v) is 7.06. The molecule has 0 aliphatic heterocycles. The molecule has 1 atom stereocenters. The molecule has 0 N–H and O–H groups in total. The van der Waals surface area contributed by atoms with Crippen LogP contribution in [-0.4, -0.2) is 12.6 Å². The van der Waals surface area contributed by atoms with E-state index >= 15 is 0 Å². The molecule has 0 radical (unpaired) electrons. The first-order valence-electron chi connectivity index (χ1n) is 16.1. The molecule has 2 nitrogen and oxygen atoms in total. The van der Waals surface area contributed by atoms with Gasteiger partial charge in [-0.05, 0) is 137 Å². The van der Waals surface area contributed by atoms with E-state index in [1.165, 1.54) is 43.1 Å². The molecular formula is C45H32O2. The Labute approximate surface area is 273 Å². The smallest absolute Gasteiger partial charge is 0.131 e. The minimum absolute atomic E-state index is 0.239. The molecule has 47 heavy (non-hydrogen) atoms. The molecular weight excluding hydrogens is 572 g/mol. The van der Waals surface area contributed by atoms with Crippen LogP contribution >= 0.6 is 0 Å². The van der Waals surface area contributed by atoms with Crippen LogP contribution in [0.3, 0.4) is 0 Å². The van der Waals surface area contributed by atoms with E-state index in [2.05, 4.69) is 146 Å². The number of fused-ring (bicyclic) bond motifs is 4. The predicted molar refractivity (Wildman–Crippen MR) is 196 cm³/mol. The fraction of sp³-hybridized carbons (Fsp3) is 0.0667. The van der Waals surface area contributed by atoms with Gasteiger partial charge in [-0.25, -0.2) is 0 Å². The second-order valence-electron chi connectivity index (χ2n) is 12.5. The van der Waals surface area contributed by atoms with Gasteiger partial charge in [0.25, 0.3) is 0 Å². The number of aldehydes is 2. The van der Waals surface area contributed by atoms with Crippen LogP contribution < -0.4 is 0 Å². The van der Waals surface area contributed by atoms with E-state index in [0.717, 1.165) is 57.1 Å². The summed E-state index contributed by atoms with van der Waals surface area (Å²) in [6.45, 7) is 2.05. The van der Waals surface area contributed by atoms with Crippen molar-refractivity contribution in [3.05, 3.63) is 168 Å². The first kappa shape index (κ1) is 28.6. The Balaban J connectivity index is 1.18. The lowest BCUT2D eigenvalue weighted by Gasteiger charge is -2.20. The van der Waals surface area contributed by atoms with E-state index < -0.39 is 5.92 Å². The predicted octanol–water partition coefficient (Wildman–Crippen LogP) is 11.0. The van der Waals surface area contributed by atoms with E-state index in [4.69, 9.17) is 0 Å².